The number of nitrogens with one attached hydrogen (secondary N) is 1. The highest BCUT2D eigenvalue weighted by molar-refractivity contribution is 9.10. The first kappa shape index (κ1) is 15.9. The second-order valence-corrected chi connectivity index (χ2v) is 6.50. The maximum absolute atomic E-state index is 14.2. The first-order chi connectivity index (χ1) is 8.29. The summed E-state index contributed by atoms with van der Waals surface area (Å²) >= 11 is 9.19. The number of benzene rings is 1. The fraction of sp³-hybridized carbons (Fsp3) is 0.571. The first-order valence-electron chi connectivity index (χ1n) is 6.17. The van der Waals surface area contributed by atoms with Crippen molar-refractivity contribution < 1.29 is 4.39 Å². The molecule has 0 aliphatic rings. The molecule has 1 unspecified atom stereocenters. The average molecular weight is 337 g/mol. The Balaban J connectivity index is 3.01. The van der Waals surface area contributed by atoms with E-state index >= 15 is 0 Å². The Labute approximate surface area is 122 Å². The van der Waals surface area contributed by atoms with Crippen molar-refractivity contribution in [1.29, 1.82) is 0 Å². The van der Waals surface area contributed by atoms with E-state index in [9.17, 15) is 4.39 Å². The lowest BCUT2D eigenvalue weighted by atomic mass is 9.79. The summed E-state index contributed by atoms with van der Waals surface area (Å²) in [6, 6.07) is 3.96. The van der Waals surface area contributed by atoms with Gasteiger partial charge in [0, 0.05) is 10.5 Å². The van der Waals surface area contributed by atoms with Crippen molar-refractivity contribution >= 4 is 27.5 Å². The Morgan fingerprint density at radius 3 is 2.61 bits per heavy atom. The molecule has 18 heavy (non-hydrogen) atoms. The van der Waals surface area contributed by atoms with E-state index in [1.165, 1.54) is 0 Å². The minimum absolute atomic E-state index is 0.164. The Kier molecular flexibility index (Phi) is 5.63. The second kappa shape index (κ2) is 6.36. The molecule has 1 aromatic carbocycles. The van der Waals surface area contributed by atoms with E-state index in [-0.39, 0.29) is 16.3 Å². The first-order valence-corrected chi connectivity index (χ1v) is 7.34. The normalized spacial score (nSPS) is 13.7. The summed E-state index contributed by atoms with van der Waals surface area (Å²) in [6.45, 7) is 9.19. The van der Waals surface area contributed by atoms with E-state index in [1.807, 2.05) is 19.9 Å². The van der Waals surface area contributed by atoms with Crippen LogP contribution in [0.25, 0.3) is 0 Å². The lowest BCUT2D eigenvalue weighted by Crippen LogP contribution is -2.33. The molecule has 1 nitrogen and oxygen atoms in total. The summed E-state index contributed by atoms with van der Waals surface area (Å²) in [5.74, 6) is -0.320. The highest BCUT2D eigenvalue weighted by Gasteiger charge is 2.27. The number of halogens is 3. The molecule has 0 fully saturated rings. The molecule has 1 aromatic rings. The average Bonchev–Trinajstić information content (AvgIpc) is 2.25. The van der Waals surface area contributed by atoms with Gasteiger partial charge in [0.2, 0.25) is 0 Å². The van der Waals surface area contributed by atoms with E-state index in [0.717, 1.165) is 13.0 Å². The van der Waals surface area contributed by atoms with Crippen LogP contribution in [0.5, 0.6) is 0 Å². The SMILES string of the molecule is CCNC(C)CC(C)(C)c1ccc(Br)c(Cl)c1F. The van der Waals surface area contributed by atoms with Crippen LogP contribution in [-0.2, 0) is 5.41 Å². The van der Waals surface area contributed by atoms with E-state index in [0.29, 0.717) is 16.1 Å². The number of hydrogen-bond acceptors (Lipinski definition) is 1. The zero-order chi connectivity index (χ0) is 13.9. The van der Waals surface area contributed by atoms with Gasteiger partial charge >= 0.3 is 0 Å². The number of rotatable bonds is 5. The zero-order valence-electron chi connectivity index (χ0n) is 11.3. The van der Waals surface area contributed by atoms with Crippen molar-refractivity contribution in [2.45, 2.75) is 45.6 Å². The van der Waals surface area contributed by atoms with Crippen LogP contribution in [0.1, 0.15) is 39.7 Å². The highest BCUT2D eigenvalue weighted by atomic mass is 79.9. The third kappa shape index (κ3) is 3.69. The molecule has 0 heterocycles. The maximum atomic E-state index is 14.2. The predicted octanol–water partition coefficient (Wildman–Crippen LogP) is 4.91. The van der Waals surface area contributed by atoms with Gasteiger partial charge < -0.3 is 5.32 Å². The van der Waals surface area contributed by atoms with Crippen LogP contribution in [0.3, 0.4) is 0 Å². The van der Waals surface area contributed by atoms with Crippen LogP contribution < -0.4 is 5.32 Å². The molecule has 4 heteroatoms. The van der Waals surface area contributed by atoms with Crippen molar-refractivity contribution in [3.05, 3.63) is 33.0 Å². The summed E-state index contributed by atoms with van der Waals surface area (Å²) in [5, 5.41) is 3.52. The zero-order valence-corrected chi connectivity index (χ0v) is 13.6. The van der Waals surface area contributed by atoms with Gasteiger partial charge in [-0.05, 0) is 52.9 Å². The molecule has 0 aromatic heterocycles. The van der Waals surface area contributed by atoms with E-state index < -0.39 is 0 Å². The lowest BCUT2D eigenvalue weighted by Gasteiger charge is -2.29. The molecule has 0 radical (unpaired) electrons. The Bertz CT molecular complexity index is 421. The molecule has 1 atom stereocenters. The molecule has 0 saturated heterocycles. The summed E-state index contributed by atoms with van der Waals surface area (Å²) in [5.41, 5.74) is 0.413. The van der Waals surface area contributed by atoms with Crippen LogP contribution in [0.15, 0.2) is 16.6 Å². The largest absolute Gasteiger partial charge is 0.315 e. The molecule has 0 amide bonds. The Hall–Kier alpha value is -0.120. The third-order valence-electron chi connectivity index (χ3n) is 3.13. The van der Waals surface area contributed by atoms with E-state index in [2.05, 4.69) is 35.1 Å². The molecule has 0 aliphatic heterocycles. The lowest BCUT2D eigenvalue weighted by molar-refractivity contribution is 0.381. The molecular formula is C14H20BrClFN. The quantitative estimate of drug-likeness (QED) is 0.754. The summed E-state index contributed by atoms with van der Waals surface area (Å²) < 4.78 is 14.8. The minimum Gasteiger partial charge on any atom is -0.315 e. The molecule has 1 rings (SSSR count). The van der Waals surface area contributed by atoms with Gasteiger partial charge in [-0.3, -0.25) is 0 Å². The van der Waals surface area contributed by atoms with Crippen LogP contribution in [0.2, 0.25) is 5.02 Å². The topological polar surface area (TPSA) is 12.0 Å². The molecular weight excluding hydrogens is 317 g/mol. The van der Waals surface area contributed by atoms with Crippen molar-refractivity contribution in [3.8, 4) is 0 Å². The van der Waals surface area contributed by atoms with Gasteiger partial charge in [-0.25, -0.2) is 4.39 Å². The smallest absolute Gasteiger partial charge is 0.146 e. The monoisotopic (exact) mass is 335 g/mol. The minimum atomic E-state index is -0.320. The van der Waals surface area contributed by atoms with Gasteiger partial charge in [0.1, 0.15) is 5.82 Å². The van der Waals surface area contributed by atoms with Gasteiger partial charge in [0.15, 0.2) is 0 Å². The molecule has 0 aliphatic carbocycles. The van der Waals surface area contributed by atoms with Gasteiger partial charge in [-0.1, -0.05) is 38.4 Å². The summed E-state index contributed by atoms with van der Waals surface area (Å²) in [7, 11) is 0. The van der Waals surface area contributed by atoms with Crippen LogP contribution in [0, 0.1) is 5.82 Å². The highest BCUT2D eigenvalue weighted by Crippen LogP contribution is 2.36. The van der Waals surface area contributed by atoms with Gasteiger partial charge in [0.25, 0.3) is 0 Å². The van der Waals surface area contributed by atoms with Crippen molar-refractivity contribution in [2.24, 2.45) is 0 Å². The van der Waals surface area contributed by atoms with E-state index in [4.69, 9.17) is 11.6 Å². The fourth-order valence-electron chi connectivity index (χ4n) is 2.34. The van der Waals surface area contributed by atoms with Crippen molar-refractivity contribution in [3.63, 3.8) is 0 Å². The summed E-state index contributed by atoms with van der Waals surface area (Å²) in [6.07, 6.45) is 0.857. The second-order valence-electron chi connectivity index (χ2n) is 5.27. The third-order valence-corrected chi connectivity index (χ3v) is 4.39. The van der Waals surface area contributed by atoms with Crippen molar-refractivity contribution in [1.82, 2.24) is 5.32 Å². The molecule has 0 bridgehead atoms. The summed E-state index contributed by atoms with van der Waals surface area (Å²) in [4.78, 5) is 0. The predicted molar refractivity (Wildman–Crippen MR) is 79.9 cm³/mol. The Morgan fingerprint density at radius 2 is 2.06 bits per heavy atom. The van der Waals surface area contributed by atoms with Crippen molar-refractivity contribution in [2.75, 3.05) is 6.54 Å². The molecule has 1 N–H and O–H groups in total. The maximum Gasteiger partial charge on any atom is 0.146 e. The molecule has 0 saturated carbocycles. The van der Waals surface area contributed by atoms with Gasteiger partial charge in [-0.2, -0.15) is 0 Å². The fourth-order valence-corrected chi connectivity index (χ4v) is 2.82. The molecule has 102 valence electrons. The van der Waals surface area contributed by atoms with Gasteiger partial charge in [-0.15, -0.1) is 0 Å². The molecule has 0 spiro atoms. The van der Waals surface area contributed by atoms with Gasteiger partial charge in [0.05, 0.1) is 5.02 Å². The number of hydrogen-bond donors (Lipinski definition) is 1. The van der Waals surface area contributed by atoms with Crippen LogP contribution in [-0.4, -0.2) is 12.6 Å². The van der Waals surface area contributed by atoms with Crippen LogP contribution in [0.4, 0.5) is 4.39 Å². The Morgan fingerprint density at radius 1 is 1.44 bits per heavy atom. The van der Waals surface area contributed by atoms with E-state index in [1.54, 1.807) is 6.07 Å². The standard InChI is InChI=1S/C14H20BrClFN/c1-5-18-9(2)8-14(3,4)10-6-7-11(15)12(16)13(10)17/h6-7,9,18H,5,8H2,1-4H3. The van der Waals surface area contributed by atoms with Crippen LogP contribution >= 0.6 is 27.5 Å².